The van der Waals surface area contributed by atoms with Crippen molar-refractivity contribution < 1.29 is 22.6 Å². The molecule has 2 heterocycles. The number of non-ortho nitro benzene ring substituents is 1. The van der Waals surface area contributed by atoms with E-state index in [0.29, 0.717) is 13.1 Å². The van der Waals surface area contributed by atoms with Gasteiger partial charge in [0.15, 0.2) is 0 Å². The topological polar surface area (TPSA) is 140 Å². The van der Waals surface area contributed by atoms with Crippen molar-refractivity contribution in [3.05, 3.63) is 74.6 Å². The van der Waals surface area contributed by atoms with Gasteiger partial charge in [-0.25, -0.2) is 13.2 Å². The first-order chi connectivity index (χ1) is 14.8. The Balaban J connectivity index is 1.58. The largest absolute Gasteiger partial charge is 0.422 e. The molecule has 11 heteroatoms. The molecule has 0 saturated carbocycles. The Bertz CT molecular complexity index is 1340. The molecular weight excluding hydrogens is 426 g/mol. The number of nitro benzene ring substituents is 1. The second-order valence-corrected chi connectivity index (χ2v) is 8.95. The highest BCUT2D eigenvalue weighted by atomic mass is 32.2. The number of nitrogens with one attached hydrogen (secondary N) is 1. The Labute approximate surface area is 176 Å². The minimum atomic E-state index is -3.58. The molecule has 1 amide bonds. The number of nitro groups is 1. The first-order valence-corrected chi connectivity index (χ1v) is 10.8. The second kappa shape index (κ2) is 7.93. The van der Waals surface area contributed by atoms with Crippen LogP contribution in [0.25, 0.3) is 11.0 Å². The molecule has 10 nitrogen and oxygen atoms in total. The standard InChI is InChI=1S/C20H17N3O7S/c24-19(17-12-13-11-15(23(26)27)5-8-18(13)30-20(17)25)21-14-3-6-16(7-4-14)31(28,29)22-9-1-2-10-22/h3-8,11-12H,1-2,9-10H2,(H,21,24). The number of carbonyl (C=O) groups excluding carboxylic acids is 1. The van der Waals surface area contributed by atoms with Crippen molar-refractivity contribution in [2.45, 2.75) is 17.7 Å². The highest BCUT2D eigenvalue weighted by Gasteiger charge is 2.27. The molecule has 0 atom stereocenters. The maximum absolute atomic E-state index is 12.6. The summed E-state index contributed by atoms with van der Waals surface area (Å²) in [5, 5.41) is 13.7. The molecular formula is C20H17N3O7S. The normalized spacial score (nSPS) is 14.6. The molecule has 160 valence electrons. The van der Waals surface area contributed by atoms with Gasteiger partial charge in [0.2, 0.25) is 10.0 Å². The summed E-state index contributed by atoms with van der Waals surface area (Å²) >= 11 is 0. The van der Waals surface area contributed by atoms with Crippen LogP contribution in [0.3, 0.4) is 0 Å². The van der Waals surface area contributed by atoms with E-state index < -0.39 is 26.5 Å². The molecule has 1 saturated heterocycles. The summed E-state index contributed by atoms with van der Waals surface area (Å²) in [5.41, 5.74) is -1.04. The molecule has 1 fully saturated rings. The van der Waals surface area contributed by atoms with Crippen molar-refractivity contribution in [3.8, 4) is 0 Å². The number of anilines is 1. The van der Waals surface area contributed by atoms with E-state index in [9.17, 15) is 28.1 Å². The molecule has 0 unspecified atom stereocenters. The Kier molecular flexibility index (Phi) is 5.29. The zero-order valence-corrected chi connectivity index (χ0v) is 16.9. The average Bonchev–Trinajstić information content (AvgIpc) is 3.29. The Hall–Kier alpha value is -3.57. The van der Waals surface area contributed by atoms with Crippen LogP contribution < -0.4 is 10.9 Å². The van der Waals surface area contributed by atoms with Gasteiger partial charge in [0.05, 0.1) is 9.82 Å². The molecule has 0 radical (unpaired) electrons. The Morgan fingerprint density at radius 3 is 2.39 bits per heavy atom. The van der Waals surface area contributed by atoms with Gasteiger partial charge in [-0.3, -0.25) is 14.9 Å². The third kappa shape index (κ3) is 4.05. The zero-order valence-electron chi connectivity index (χ0n) is 16.1. The van der Waals surface area contributed by atoms with Crippen molar-refractivity contribution in [2.75, 3.05) is 18.4 Å². The quantitative estimate of drug-likeness (QED) is 0.363. The maximum atomic E-state index is 12.6. The number of sulfonamides is 1. The third-order valence-electron chi connectivity index (χ3n) is 4.99. The first kappa shape index (κ1) is 20.7. The lowest BCUT2D eigenvalue weighted by atomic mass is 10.1. The summed E-state index contributed by atoms with van der Waals surface area (Å²) in [6, 6.07) is 10.5. The summed E-state index contributed by atoms with van der Waals surface area (Å²) in [5.74, 6) is -0.780. The summed E-state index contributed by atoms with van der Waals surface area (Å²) < 4.78 is 31.6. The van der Waals surface area contributed by atoms with E-state index in [1.807, 2.05) is 0 Å². The molecule has 0 bridgehead atoms. The molecule has 1 N–H and O–H groups in total. The third-order valence-corrected chi connectivity index (χ3v) is 6.90. The smallest absolute Gasteiger partial charge is 0.349 e. The summed E-state index contributed by atoms with van der Waals surface area (Å²) in [4.78, 5) is 35.2. The number of rotatable bonds is 5. The number of hydrogen-bond acceptors (Lipinski definition) is 7. The molecule has 4 rings (SSSR count). The lowest BCUT2D eigenvalue weighted by Gasteiger charge is -2.15. The molecule has 1 aliphatic rings. The number of amides is 1. The highest BCUT2D eigenvalue weighted by molar-refractivity contribution is 7.89. The van der Waals surface area contributed by atoms with Crippen LogP contribution in [0.2, 0.25) is 0 Å². The van der Waals surface area contributed by atoms with E-state index >= 15 is 0 Å². The van der Waals surface area contributed by atoms with Crippen molar-refractivity contribution in [1.29, 1.82) is 0 Å². The molecule has 3 aromatic rings. The lowest BCUT2D eigenvalue weighted by molar-refractivity contribution is -0.384. The molecule has 31 heavy (non-hydrogen) atoms. The predicted octanol–water partition coefficient (Wildman–Crippen LogP) is 2.74. The monoisotopic (exact) mass is 443 g/mol. The van der Waals surface area contributed by atoms with Crippen LogP contribution in [-0.4, -0.2) is 36.6 Å². The first-order valence-electron chi connectivity index (χ1n) is 9.39. The van der Waals surface area contributed by atoms with Gasteiger partial charge < -0.3 is 9.73 Å². The van der Waals surface area contributed by atoms with Crippen molar-refractivity contribution >= 4 is 38.3 Å². The van der Waals surface area contributed by atoms with E-state index in [0.717, 1.165) is 12.8 Å². The number of fused-ring (bicyclic) bond motifs is 1. The van der Waals surface area contributed by atoms with Gasteiger partial charge in [0.25, 0.3) is 11.6 Å². The van der Waals surface area contributed by atoms with Crippen molar-refractivity contribution in [3.63, 3.8) is 0 Å². The average molecular weight is 443 g/mol. The van der Waals surface area contributed by atoms with Gasteiger partial charge >= 0.3 is 5.63 Å². The Morgan fingerprint density at radius 1 is 1.06 bits per heavy atom. The van der Waals surface area contributed by atoms with Gasteiger partial charge in [-0.15, -0.1) is 0 Å². The van der Waals surface area contributed by atoms with Crippen LogP contribution in [0.1, 0.15) is 23.2 Å². The fourth-order valence-electron chi connectivity index (χ4n) is 3.37. The number of hydrogen-bond donors (Lipinski definition) is 1. The number of benzene rings is 2. The number of carbonyl (C=O) groups is 1. The molecule has 0 aliphatic carbocycles. The Morgan fingerprint density at radius 2 is 1.74 bits per heavy atom. The fourth-order valence-corrected chi connectivity index (χ4v) is 4.89. The summed E-state index contributed by atoms with van der Waals surface area (Å²) in [6.07, 6.45) is 1.65. The van der Waals surface area contributed by atoms with Crippen molar-refractivity contribution in [2.24, 2.45) is 0 Å². The van der Waals surface area contributed by atoms with Crippen LogP contribution in [0.4, 0.5) is 11.4 Å². The SMILES string of the molecule is O=C(Nc1ccc(S(=O)(=O)N2CCCC2)cc1)c1cc2cc([N+](=O)[O-])ccc2oc1=O. The zero-order chi connectivity index (χ0) is 22.2. The molecule has 1 aromatic heterocycles. The number of nitrogens with zero attached hydrogens (tertiary/aromatic N) is 2. The van der Waals surface area contributed by atoms with Crippen LogP contribution >= 0.6 is 0 Å². The van der Waals surface area contributed by atoms with Gasteiger partial charge in [0, 0.05) is 36.3 Å². The van der Waals surface area contributed by atoms with Gasteiger partial charge in [-0.1, -0.05) is 0 Å². The minimum absolute atomic E-state index is 0.114. The van der Waals surface area contributed by atoms with E-state index in [1.54, 1.807) is 0 Å². The van der Waals surface area contributed by atoms with E-state index in [-0.39, 0.29) is 32.8 Å². The second-order valence-electron chi connectivity index (χ2n) is 7.02. The van der Waals surface area contributed by atoms with Gasteiger partial charge in [-0.2, -0.15) is 4.31 Å². The van der Waals surface area contributed by atoms with Crippen molar-refractivity contribution in [1.82, 2.24) is 4.31 Å². The molecule has 1 aliphatic heterocycles. The minimum Gasteiger partial charge on any atom is -0.422 e. The highest BCUT2D eigenvalue weighted by Crippen LogP contribution is 2.23. The van der Waals surface area contributed by atoms with Crippen LogP contribution in [0.15, 0.2) is 62.6 Å². The summed E-state index contributed by atoms with van der Waals surface area (Å²) in [6.45, 7) is 0.966. The van der Waals surface area contributed by atoms with E-state index in [2.05, 4.69) is 5.32 Å². The van der Waals surface area contributed by atoms with E-state index in [1.165, 1.54) is 52.8 Å². The molecule has 2 aromatic carbocycles. The van der Waals surface area contributed by atoms with Crippen LogP contribution in [0.5, 0.6) is 0 Å². The molecule has 0 spiro atoms. The van der Waals surface area contributed by atoms with Crippen LogP contribution in [0, 0.1) is 10.1 Å². The maximum Gasteiger partial charge on any atom is 0.349 e. The van der Waals surface area contributed by atoms with E-state index in [4.69, 9.17) is 4.42 Å². The predicted molar refractivity (Wildman–Crippen MR) is 112 cm³/mol. The van der Waals surface area contributed by atoms with Gasteiger partial charge in [0.1, 0.15) is 11.1 Å². The van der Waals surface area contributed by atoms with Gasteiger partial charge in [-0.05, 0) is 49.2 Å². The lowest BCUT2D eigenvalue weighted by Crippen LogP contribution is -2.27. The summed E-state index contributed by atoms with van der Waals surface area (Å²) in [7, 11) is -3.58. The van der Waals surface area contributed by atoms with Crippen LogP contribution in [-0.2, 0) is 10.0 Å². The fraction of sp³-hybridized carbons (Fsp3) is 0.200.